The van der Waals surface area contributed by atoms with Gasteiger partial charge in [0.05, 0.1) is 0 Å². The summed E-state index contributed by atoms with van der Waals surface area (Å²) >= 11 is 0. The number of amides is 2. The van der Waals surface area contributed by atoms with E-state index in [1.54, 1.807) is 24.3 Å². The predicted molar refractivity (Wildman–Crippen MR) is 88.8 cm³/mol. The second-order valence-electron chi connectivity index (χ2n) is 5.32. The standard InChI is InChI=1S/C18H20N2O2/c1-13(15-6-4-3-5-7-15)12-18(22)20-17-10-8-16(9-11-17)19-14(2)21/h3-11,13H,12H2,1-2H3,(H,19,21)(H,20,22). The Morgan fingerprint density at radius 1 is 0.909 bits per heavy atom. The molecular formula is C18H20N2O2. The monoisotopic (exact) mass is 296 g/mol. The van der Waals surface area contributed by atoms with Gasteiger partial charge in [-0.2, -0.15) is 0 Å². The molecule has 0 radical (unpaired) electrons. The van der Waals surface area contributed by atoms with Crippen LogP contribution in [0.25, 0.3) is 0 Å². The Bertz CT molecular complexity index is 636. The average molecular weight is 296 g/mol. The molecule has 2 amide bonds. The lowest BCUT2D eigenvalue weighted by Gasteiger charge is -2.12. The van der Waals surface area contributed by atoms with Crippen LogP contribution in [0.1, 0.15) is 31.7 Å². The molecule has 2 N–H and O–H groups in total. The second-order valence-corrected chi connectivity index (χ2v) is 5.32. The van der Waals surface area contributed by atoms with E-state index in [4.69, 9.17) is 0 Å². The van der Waals surface area contributed by atoms with E-state index in [0.29, 0.717) is 12.1 Å². The molecule has 0 aliphatic heterocycles. The summed E-state index contributed by atoms with van der Waals surface area (Å²) in [6, 6.07) is 17.0. The van der Waals surface area contributed by atoms with Crippen molar-refractivity contribution in [2.24, 2.45) is 0 Å². The number of hydrogen-bond acceptors (Lipinski definition) is 2. The summed E-state index contributed by atoms with van der Waals surface area (Å²) in [5.74, 6) is 0.0250. The van der Waals surface area contributed by atoms with Gasteiger partial charge in [0, 0.05) is 24.7 Å². The third kappa shape index (κ3) is 4.74. The zero-order valence-corrected chi connectivity index (χ0v) is 12.8. The molecule has 114 valence electrons. The minimum absolute atomic E-state index is 0.0244. The summed E-state index contributed by atoms with van der Waals surface area (Å²) in [6.45, 7) is 3.50. The Morgan fingerprint density at radius 2 is 1.45 bits per heavy atom. The van der Waals surface area contributed by atoms with Gasteiger partial charge < -0.3 is 10.6 Å². The first kappa shape index (κ1) is 15.8. The fourth-order valence-corrected chi connectivity index (χ4v) is 2.23. The van der Waals surface area contributed by atoms with Crippen LogP contribution < -0.4 is 10.6 Å². The number of benzene rings is 2. The van der Waals surface area contributed by atoms with E-state index in [0.717, 1.165) is 11.3 Å². The van der Waals surface area contributed by atoms with Crippen molar-refractivity contribution in [1.82, 2.24) is 0 Å². The third-order valence-electron chi connectivity index (χ3n) is 3.35. The van der Waals surface area contributed by atoms with E-state index in [-0.39, 0.29) is 17.7 Å². The Hall–Kier alpha value is -2.62. The second kappa shape index (κ2) is 7.41. The molecule has 1 unspecified atom stereocenters. The van der Waals surface area contributed by atoms with Gasteiger partial charge in [0.15, 0.2) is 0 Å². The summed E-state index contributed by atoms with van der Waals surface area (Å²) in [5, 5.41) is 5.56. The summed E-state index contributed by atoms with van der Waals surface area (Å²) < 4.78 is 0. The van der Waals surface area contributed by atoms with E-state index in [9.17, 15) is 9.59 Å². The normalized spacial score (nSPS) is 11.5. The highest BCUT2D eigenvalue weighted by Crippen LogP contribution is 2.20. The van der Waals surface area contributed by atoms with Crippen LogP contribution in [-0.4, -0.2) is 11.8 Å². The molecule has 22 heavy (non-hydrogen) atoms. The average Bonchev–Trinajstić information content (AvgIpc) is 2.49. The zero-order chi connectivity index (χ0) is 15.9. The number of anilines is 2. The van der Waals surface area contributed by atoms with Crippen LogP contribution in [0, 0.1) is 0 Å². The van der Waals surface area contributed by atoms with Crippen LogP contribution in [0.3, 0.4) is 0 Å². The molecule has 4 heteroatoms. The molecule has 0 aliphatic carbocycles. The number of carbonyl (C=O) groups is 2. The fourth-order valence-electron chi connectivity index (χ4n) is 2.23. The van der Waals surface area contributed by atoms with Crippen molar-refractivity contribution >= 4 is 23.2 Å². The Morgan fingerprint density at radius 3 is 2.00 bits per heavy atom. The van der Waals surface area contributed by atoms with Crippen molar-refractivity contribution in [3.63, 3.8) is 0 Å². The molecule has 0 saturated carbocycles. The molecule has 0 aromatic heterocycles. The molecule has 1 atom stereocenters. The van der Waals surface area contributed by atoms with Crippen LogP contribution in [-0.2, 0) is 9.59 Å². The number of nitrogens with one attached hydrogen (secondary N) is 2. The highest BCUT2D eigenvalue weighted by molar-refractivity contribution is 5.92. The van der Waals surface area contributed by atoms with Gasteiger partial charge in [0.25, 0.3) is 0 Å². The van der Waals surface area contributed by atoms with Gasteiger partial charge in [0.1, 0.15) is 0 Å². The van der Waals surface area contributed by atoms with Crippen LogP contribution >= 0.6 is 0 Å². The molecule has 0 aliphatic rings. The molecule has 0 fully saturated rings. The highest BCUT2D eigenvalue weighted by atomic mass is 16.2. The topological polar surface area (TPSA) is 58.2 Å². The van der Waals surface area contributed by atoms with E-state index in [1.807, 2.05) is 37.3 Å². The minimum Gasteiger partial charge on any atom is -0.326 e. The zero-order valence-electron chi connectivity index (χ0n) is 12.8. The largest absolute Gasteiger partial charge is 0.326 e. The Kier molecular flexibility index (Phi) is 5.31. The first-order valence-corrected chi connectivity index (χ1v) is 7.27. The van der Waals surface area contributed by atoms with Crippen molar-refractivity contribution < 1.29 is 9.59 Å². The quantitative estimate of drug-likeness (QED) is 0.882. The summed E-state index contributed by atoms with van der Waals surface area (Å²) in [6.07, 6.45) is 0.428. The molecule has 0 spiro atoms. The van der Waals surface area contributed by atoms with Gasteiger partial charge >= 0.3 is 0 Å². The Labute approximate surface area is 130 Å². The minimum atomic E-state index is -0.117. The van der Waals surface area contributed by atoms with E-state index < -0.39 is 0 Å². The van der Waals surface area contributed by atoms with Crippen LogP contribution in [0.4, 0.5) is 11.4 Å². The van der Waals surface area contributed by atoms with Crippen molar-refractivity contribution in [2.45, 2.75) is 26.2 Å². The summed E-state index contributed by atoms with van der Waals surface area (Å²) in [4.78, 5) is 23.0. The lowest BCUT2D eigenvalue weighted by atomic mass is 9.97. The van der Waals surface area contributed by atoms with Crippen molar-refractivity contribution in [3.8, 4) is 0 Å². The summed E-state index contributed by atoms with van der Waals surface area (Å²) in [5.41, 5.74) is 2.58. The SMILES string of the molecule is CC(=O)Nc1ccc(NC(=O)CC(C)c2ccccc2)cc1. The maximum Gasteiger partial charge on any atom is 0.224 e. The van der Waals surface area contributed by atoms with Crippen LogP contribution in [0.5, 0.6) is 0 Å². The first-order valence-electron chi connectivity index (χ1n) is 7.27. The molecule has 2 aromatic rings. The Balaban J connectivity index is 1.90. The molecule has 4 nitrogen and oxygen atoms in total. The maximum atomic E-state index is 12.1. The van der Waals surface area contributed by atoms with Gasteiger partial charge in [-0.1, -0.05) is 37.3 Å². The van der Waals surface area contributed by atoms with Gasteiger partial charge in [-0.3, -0.25) is 9.59 Å². The molecule has 2 rings (SSSR count). The predicted octanol–water partition coefficient (Wildman–Crippen LogP) is 3.78. The summed E-state index contributed by atoms with van der Waals surface area (Å²) in [7, 11) is 0. The van der Waals surface area contributed by atoms with E-state index in [1.165, 1.54) is 6.92 Å². The van der Waals surface area contributed by atoms with Crippen molar-refractivity contribution in [2.75, 3.05) is 10.6 Å². The highest BCUT2D eigenvalue weighted by Gasteiger charge is 2.11. The smallest absolute Gasteiger partial charge is 0.224 e. The van der Waals surface area contributed by atoms with E-state index >= 15 is 0 Å². The van der Waals surface area contributed by atoms with Gasteiger partial charge in [-0.05, 0) is 35.7 Å². The molecule has 0 bridgehead atoms. The first-order chi connectivity index (χ1) is 10.5. The lowest BCUT2D eigenvalue weighted by molar-refractivity contribution is -0.116. The number of hydrogen-bond donors (Lipinski definition) is 2. The van der Waals surface area contributed by atoms with Gasteiger partial charge in [0.2, 0.25) is 11.8 Å². The van der Waals surface area contributed by atoms with Crippen molar-refractivity contribution in [3.05, 3.63) is 60.2 Å². The molecular weight excluding hydrogens is 276 g/mol. The third-order valence-corrected chi connectivity index (χ3v) is 3.35. The number of carbonyl (C=O) groups excluding carboxylic acids is 2. The van der Waals surface area contributed by atoms with Crippen molar-refractivity contribution in [1.29, 1.82) is 0 Å². The number of rotatable bonds is 5. The molecule has 2 aromatic carbocycles. The van der Waals surface area contributed by atoms with Gasteiger partial charge in [-0.15, -0.1) is 0 Å². The van der Waals surface area contributed by atoms with Crippen LogP contribution in [0.15, 0.2) is 54.6 Å². The molecule has 0 heterocycles. The molecule has 0 saturated heterocycles. The fraction of sp³-hybridized carbons (Fsp3) is 0.222. The van der Waals surface area contributed by atoms with Gasteiger partial charge in [-0.25, -0.2) is 0 Å². The lowest BCUT2D eigenvalue weighted by Crippen LogP contribution is -2.14. The van der Waals surface area contributed by atoms with E-state index in [2.05, 4.69) is 10.6 Å². The van der Waals surface area contributed by atoms with Crippen LogP contribution in [0.2, 0.25) is 0 Å². The maximum absolute atomic E-state index is 12.1.